The zero-order chi connectivity index (χ0) is 8.85. The maximum atomic E-state index is 10.8. The van der Waals surface area contributed by atoms with Crippen molar-refractivity contribution in [3.05, 3.63) is 0 Å². The fraction of sp³-hybridized carbons (Fsp3) is 0.833. The molecule has 4 nitrogen and oxygen atoms in total. The van der Waals surface area contributed by atoms with E-state index in [1.807, 2.05) is 0 Å². The molecule has 1 atom stereocenters. The largest absolute Gasteiger partial charge is 0.394 e. The first kappa shape index (κ1) is 10.7. The first-order valence-corrected chi connectivity index (χ1v) is 3.74. The van der Waals surface area contributed by atoms with Crippen molar-refractivity contribution in [1.29, 1.82) is 0 Å². The van der Waals surface area contributed by atoms with Crippen LogP contribution in [0.5, 0.6) is 0 Å². The van der Waals surface area contributed by atoms with Gasteiger partial charge in [0.2, 0.25) is 5.91 Å². The molecule has 0 saturated heterocycles. The van der Waals surface area contributed by atoms with Crippen LogP contribution in [0, 0.1) is 0 Å². The van der Waals surface area contributed by atoms with E-state index in [0.717, 1.165) is 0 Å². The Morgan fingerprint density at radius 1 is 1.73 bits per heavy atom. The van der Waals surface area contributed by atoms with Gasteiger partial charge in [-0.3, -0.25) is 4.79 Å². The Bertz CT molecular complexity index is 131. The third-order valence-electron chi connectivity index (χ3n) is 1.24. The third-order valence-corrected chi connectivity index (χ3v) is 1.46. The summed E-state index contributed by atoms with van der Waals surface area (Å²) in [6.45, 7) is -0.234. The number of hydrogen-bond donors (Lipinski definition) is 2. The molecule has 0 aliphatic carbocycles. The average molecular weight is 182 g/mol. The number of aliphatic hydroxyl groups excluding tert-OH is 2. The maximum absolute atomic E-state index is 10.8. The van der Waals surface area contributed by atoms with Gasteiger partial charge in [0.1, 0.15) is 5.88 Å². The lowest BCUT2D eigenvalue weighted by Crippen LogP contribution is -2.36. The van der Waals surface area contributed by atoms with Crippen LogP contribution in [0.2, 0.25) is 0 Å². The van der Waals surface area contributed by atoms with E-state index < -0.39 is 6.10 Å². The smallest absolute Gasteiger partial charge is 0.237 e. The van der Waals surface area contributed by atoms with Crippen LogP contribution in [0.3, 0.4) is 0 Å². The molecule has 11 heavy (non-hydrogen) atoms. The predicted molar refractivity (Wildman–Crippen MR) is 41.4 cm³/mol. The van der Waals surface area contributed by atoms with Crippen molar-refractivity contribution in [2.75, 3.05) is 26.1 Å². The van der Waals surface area contributed by atoms with Gasteiger partial charge in [0.05, 0.1) is 12.7 Å². The van der Waals surface area contributed by atoms with Crippen molar-refractivity contribution in [3.63, 3.8) is 0 Å². The van der Waals surface area contributed by atoms with Crippen LogP contribution in [-0.4, -0.2) is 53.2 Å². The molecule has 0 rings (SSSR count). The molecule has 1 amide bonds. The second kappa shape index (κ2) is 5.35. The molecule has 0 unspecified atom stereocenters. The zero-order valence-electron chi connectivity index (χ0n) is 6.33. The quantitative estimate of drug-likeness (QED) is 0.549. The second-order valence-corrected chi connectivity index (χ2v) is 2.51. The molecule has 0 spiro atoms. The fourth-order valence-electron chi connectivity index (χ4n) is 0.578. The van der Waals surface area contributed by atoms with Gasteiger partial charge in [0.15, 0.2) is 0 Å². The molecule has 5 heteroatoms. The van der Waals surface area contributed by atoms with Gasteiger partial charge in [0.25, 0.3) is 0 Å². The van der Waals surface area contributed by atoms with Gasteiger partial charge < -0.3 is 15.1 Å². The van der Waals surface area contributed by atoms with E-state index in [2.05, 4.69) is 0 Å². The Morgan fingerprint density at radius 2 is 2.27 bits per heavy atom. The lowest BCUT2D eigenvalue weighted by atomic mass is 10.3. The van der Waals surface area contributed by atoms with Crippen LogP contribution < -0.4 is 0 Å². The summed E-state index contributed by atoms with van der Waals surface area (Å²) in [7, 11) is 1.52. The minimum absolute atomic E-state index is 0.103. The Balaban J connectivity index is 3.67. The lowest BCUT2D eigenvalue weighted by molar-refractivity contribution is -0.128. The summed E-state index contributed by atoms with van der Waals surface area (Å²) in [5, 5.41) is 17.3. The van der Waals surface area contributed by atoms with E-state index in [1.54, 1.807) is 0 Å². The van der Waals surface area contributed by atoms with Gasteiger partial charge in [-0.2, -0.15) is 0 Å². The summed E-state index contributed by atoms with van der Waals surface area (Å²) in [6.07, 6.45) is -0.882. The van der Waals surface area contributed by atoms with E-state index in [4.69, 9.17) is 21.8 Å². The molecule has 0 heterocycles. The van der Waals surface area contributed by atoms with Crippen LogP contribution in [0.4, 0.5) is 0 Å². The topological polar surface area (TPSA) is 60.8 Å². The van der Waals surface area contributed by atoms with Crippen molar-refractivity contribution in [2.24, 2.45) is 0 Å². The summed E-state index contributed by atoms with van der Waals surface area (Å²) >= 11 is 5.24. The Labute approximate surface area is 70.4 Å². The standard InChI is InChI=1S/C6H12ClNO3/c1-8(6(11)2-7)3-5(10)4-9/h5,9-10H,2-4H2,1H3/t5-/m1/s1. The molecule has 0 saturated carbocycles. The normalized spacial score (nSPS) is 12.7. The lowest BCUT2D eigenvalue weighted by Gasteiger charge is -2.18. The van der Waals surface area contributed by atoms with Crippen LogP contribution in [-0.2, 0) is 4.79 Å². The first-order chi connectivity index (χ1) is 5.11. The number of carbonyl (C=O) groups is 1. The van der Waals surface area contributed by atoms with Crippen molar-refractivity contribution in [3.8, 4) is 0 Å². The van der Waals surface area contributed by atoms with Crippen molar-refractivity contribution in [2.45, 2.75) is 6.10 Å². The minimum atomic E-state index is -0.882. The molecule has 2 N–H and O–H groups in total. The van der Waals surface area contributed by atoms with Crippen molar-refractivity contribution in [1.82, 2.24) is 4.90 Å². The minimum Gasteiger partial charge on any atom is -0.394 e. The van der Waals surface area contributed by atoms with Gasteiger partial charge in [-0.15, -0.1) is 11.6 Å². The highest BCUT2D eigenvalue weighted by Gasteiger charge is 2.10. The molecule has 0 aromatic heterocycles. The zero-order valence-corrected chi connectivity index (χ0v) is 7.08. The number of aliphatic hydroxyl groups is 2. The summed E-state index contributed by atoms with van der Waals surface area (Å²) in [5.41, 5.74) is 0. The number of nitrogens with zero attached hydrogens (tertiary/aromatic N) is 1. The Morgan fingerprint density at radius 3 is 2.64 bits per heavy atom. The van der Waals surface area contributed by atoms with Gasteiger partial charge in [-0.25, -0.2) is 0 Å². The summed E-state index contributed by atoms with van der Waals surface area (Å²) < 4.78 is 0. The Hall–Kier alpha value is -0.320. The highest BCUT2D eigenvalue weighted by molar-refractivity contribution is 6.27. The van der Waals surface area contributed by atoms with Crippen LogP contribution in [0.25, 0.3) is 0 Å². The summed E-state index contributed by atoms with van der Waals surface area (Å²) in [6, 6.07) is 0. The molecule has 0 aliphatic heterocycles. The van der Waals surface area contributed by atoms with Crippen molar-refractivity contribution < 1.29 is 15.0 Å². The van der Waals surface area contributed by atoms with E-state index in [1.165, 1.54) is 11.9 Å². The predicted octanol–water partition coefficient (Wildman–Crippen LogP) is -0.963. The van der Waals surface area contributed by atoms with Crippen LogP contribution in [0.15, 0.2) is 0 Å². The summed E-state index contributed by atoms with van der Waals surface area (Å²) in [4.78, 5) is 12.0. The molecule has 0 aliphatic rings. The van der Waals surface area contributed by atoms with Gasteiger partial charge in [-0.05, 0) is 0 Å². The molecule has 66 valence electrons. The number of carbonyl (C=O) groups excluding carboxylic acids is 1. The van der Waals surface area contributed by atoms with E-state index >= 15 is 0 Å². The molecule has 0 aromatic carbocycles. The monoisotopic (exact) mass is 181 g/mol. The van der Waals surface area contributed by atoms with E-state index in [-0.39, 0.29) is 24.9 Å². The molecule has 0 aromatic rings. The highest BCUT2D eigenvalue weighted by atomic mass is 35.5. The molecular formula is C6H12ClNO3. The third kappa shape index (κ3) is 4.19. The Kier molecular flexibility index (Phi) is 5.19. The number of rotatable bonds is 4. The van der Waals surface area contributed by atoms with E-state index in [9.17, 15) is 4.79 Å². The van der Waals surface area contributed by atoms with Crippen LogP contribution in [0.1, 0.15) is 0 Å². The number of halogens is 1. The summed E-state index contributed by atoms with van der Waals surface area (Å²) in [5.74, 6) is -0.367. The molecule has 0 fully saturated rings. The average Bonchev–Trinajstić information content (AvgIpc) is 2.02. The first-order valence-electron chi connectivity index (χ1n) is 3.20. The van der Waals surface area contributed by atoms with E-state index in [0.29, 0.717) is 0 Å². The SMILES string of the molecule is CN(C[C@@H](O)CO)C(=O)CCl. The second-order valence-electron chi connectivity index (χ2n) is 2.24. The number of likely N-dealkylation sites (N-methyl/N-ethyl adjacent to an activating group) is 1. The molecule has 0 bridgehead atoms. The number of amides is 1. The van der Waals surface area contributed by atoms with Crippen molar-refractivity contribution >= 4 is 17.5 Å². The van der Waals surface area contributed by atoms with Gasteiger partial charge >= 0.3 is 0 Å². The number of alkyl halides is 1. The fourth-order valence-corrected chi connectivity index (χ4v) is 0.782. The van der Waals surface area contributed by atoms with Gasteiger partial charge in [-0.1, -0.05) is 0 Å². The maximum Gasteiger partial charge on any atom is 0.237 e. The highest BCUT2D eigenvalue weighted by Crippen LogP contribution is 1.91. The molecule has 0 radical (unpaired) electrons. The number of hydrogen-bond acceptors (Lipinski definition) is 3. The molecular weight excluding hydrogens is 170 g/mol. The van der Waals surface area contributed by atoms with Crippen LogP contribution >= 0.6 is 11.6 Å². The van der Waals surface area contributed by atoms with Gasteiger partial charge in [0, 0.05) is 13.6 Å².